The van der Waals surface area contributed by atoms with Gasteiger partial charge in [-0.15, -0.1) is 0 Å². The van der Waals surface area contributed by atoms with Crippen molar-refractivity contribution in [3.05, 3.63) is 35.6 Å². The average Bonchev–Trinajstić information content (AvgIpc) is 2.82. The van der Waals surface area contributed by atoms with Crippen molar-refractivity contribution in [1.82, 2.24) is 5.32 Å². The molecule has 112 valence electrons. The van der Waals surface area contributed by atoms with Crippen molar-refractivity contribution < 1.29 is 19.1 Å². The Labute approximate surface area is 126 Å². The number of carboxylic acid groups (broad SMARTS) is 1. The van der Waals surface area contributed by atoms with Crippen molar-refractivity contribution in [2.75, 3.05) is 12.0 Å². The fourth-order valence-corrected chi connectivity index (χ4v) is 2.57. The molecule has 0 spiro atoms. The van der Waals surface area contributed by atoms with Crippen molar-refractivity contribution in [2.24, 2.45) is 0 Å². The molecule has 1 aromatic heterocycles. The van der Waals surface area contributed by atoms with Crippen molar-refractivity contribution in [2.45, 2.75) is 19.4 Å². The second kappa shape index (κ2) is 6.67. The normalized spacial score (nSPS) is 12.3. The van der Waals surface area contributed by atoms with Gasteiger partial charge >= 0.3 is 5.97 Å². The molecule has 0 saturated heterocycles. The molecule has 1 amide bonds. The highest BCUT2D eigenvalue weighted by atomic mass is 32.2. The molecular formula is C15H17NO4S. The predicted octanol–water partition coefficient (Wildman–Crippen LogP) is 2.68. The van der Waals surface area contributed by atoms with Gasteiger partial charge in [0.05, 0.1) is 5.56 Å². The largest absolute Gasteiger partial charge is 0.480 e. The van der Waals surface area contributed by atoms with Crippen LogP contribution in [0.25, 0.3) is 11.0 Å². The van der Waals surface area contributed by atoms with Gasteiger partial charge in [-0.3, -0.25) is 4.79 Å². The van der Waals surface area contributed by atoms with Crippen molar-refractivity contribution in [1.29, 1.82) is 0 Å². The van der Waals surface area contributed by atoms with Crippen LogP contribution in [0.3, 0.4) is 0 Å². The van der Waals surface area contributed by atoms with Gasteiger partial charge < -0.3 is 14.8 Å². The van der Waals surface area contributed by atoms with E-state index in [2.05, 4.69) is 5.32 Å². The molecule has 0 unspecified atom stereocenters. The standard InChI is InChI=1S/C15H17NO4S/c1-9-8-10-4-3-5-11(13(10)20-9)14(17)16-12(15(18)19)6-7-21-2/h3-5,8,12H,6-7H2,1-2H3,(H,16,17)(H,18,19)/t12-/m0/s1. The lowest BCUT2D eigenvalue weighted by Gasteiger charge is -2.14. The summed E-state index contributed by atoms with van der Waals surface area (Å²) in [5.41, 5.74) is 0.845. The van der Waals surface area contributed by atoms with Crippen LogP contribution in [-0.4, -0.2) is 35.0 Å². The number of aliphatic carboxylic acids is 1. The van der Waals surface area contributed by atoms with Crippen molar-refractivity contribution in [3.63, 3.8) is 0 Å². The number of carbonyl (C=O) groups is 2. The van der Waals surface area contributed by atoms with E-state index in [0.29, 0.717) is 29.1 Å². The smallest absolute Gasteiger partial charge is 0.326 e. The van der Waals surface area contributed by atoms with Crippen LogP contribution in [0.2, 0.25) is 0 Å². The van der Waals surface area contributed by atoms with Gasteiger partial charge in [0.1, 0.15) is 17.4 Å². The maximum absolute atomic E-state index is 12.3. The fraction of sp³-hybridized carbons (Fsp3) is 0.333. The lowest BCUT2D eigenvalue weighted by Crippen LogP contribution is -2.41. The number of aryl methyl sites for hydroxylation is 1. The van der Waals surface area contributed by atoms with Gasteiger partial charge in [0.15, 0.2) is 0 Å². The zero-order valence-corrected chi connectivity index (χ0v) is 12.7. The summed E-state index contributed by atoms with van der Waals surface area (Å²) in [6, 6.07) is 6.19. The second-order valence-electron chi connectivity index (χ2n) is 4.73. The minimum absolute atomic E-state index is 0.357. The average molecular weight is 307 g/mol. The molecule has 0 radical (unpaired) electrons. The molecule has 2 aromatic rings. The zero-order valence-electron chi connectivity index (χ0n) is 11.9. The Kier molecular flexibility index (Phi) is 4.90. The highest BCUT2D eigenvalue weighted by molar-refractivity contribution is 7.98. The highest BCUT2D eigenvalue weighted by Crippen LogP contribution is 2.22. The second-order valence-corrected chi connectivity index (χ2v) is 5.71. The molecule has 2 rings (SSSR count). The summed E-state index contributed by atoms with van der Waals surface area (Å²) in [5, 5.41) is 12.6. The molecule has 0 aliphatic heterocycles. The number of thioether (sulfide) groups is 1. The monoisotopic (exact) mass is 307 g/mol. The van der Waals surface area contributed by atoms with E-state index in [0.717, 1.165) is 5.39 Å². The Bertz CT molecular complexity index is 665. The summed E-state index contributed by atoms with van der Waals surface area (Å²) in [6.45, 7) is 1.81. The van der Waals surface area contributed by atoms with Crippen LogP contribution in [0.1, 0.15) is 22.5 Å². The number of hydrogen-bond donors (Lipinski definition) is 2. The number of rotatable bonds is 6. The first kappa shape index (κ1) is 15.4. The number of carbonyl (C=O) groups excluding carboxylic acids is 1. The molecule has 1 heterocycles. The first-order chi connectivity index (χ1) is 10.0. The van der Waals surface area contributed by atoms with Gasteiger partial charge in [-0.1, -0.05) is 12.1 Å². The summed E-state index contributed by atoms with van der Waals surface area (Å²) in [4.78, 5) is 23.5. The summed E-state index contributed by atoms with van der Waals surface area (Å²) in [5.74, 6) is -0.0764. The van der Waals surface area contributed by atoms with E-state index in [1.54, 1.807) is 30.8 Å². The minimum atomic E-state index is -1.03. The molecule has 5 nitrogen and oxygen atoms in total. The van der Waals surface area contributed by atoms with Crippen LogP contribution < -0.4 is 5.32 Å². The van der Waals surface area contributed by atoms with E-state index in [4.69, 9.17) is 9.52 Å². The van der Waals surface area contributed by atoms with E-state index < -0.39 is 17.9 Å². The molecule has 1 aromatic carbocycles. The van der Waals surface area contributed by atoms with Crippen LogP contribution in [0.15, 0.2) is 28.7 Å². The zero-order chi connectivity index (χ0) is 15.4. The van der Waals surface area contributed by atoms with E-state index in [1.165, 1.54) is 0 Å². The number of fused-ring (bicyclic) bond motifs is 1. The maximum Gasteiger partial charge on any atom is 0.326 e. The number of hydrogen-bond acceptors (Lipinski definition) is 4. The fourth-order valence-electron chi connectivity index (χ4n) is 2.10. The van der Waals surface area contributed by atoms with Crippen LogP contribution in [0.4, 0.5) is 0 Å². The predicted molar refractivity (Wildman–Crippen MR) is 82.8 cm³/mol. The Morgan fingerprint density at radius 1 is 1.43 bits per heavy atom. The van der Waals surface area contributed by atoms with Crippen LogP contribution >= 0.6 is 11.8 Å². The quantitative estimate of drug-likeness (QED) is 0.857. The summed E-state index contributed by atoms with van der Waals surface area (Å²) >= 11 is 1.54. The van der Waals surface area contributed by atoms with Gasteiger partial charge in [0.25, 0.3) is 5.91 Å². The molecule has 0 bridgehead atoms. The Hall–Kier alpha value is -1.95. The van der Waals surface area contributed by atoms with E-state index >= 15 is 0 Å². The number of benzene rings is 1. The Morgan fingerprint density at radius 3 is 2.86 bits per heavy atom. The Morgan fingerprint density at radius 2 is 2.19 bits per heavy atom. The molecule has 0 fully saturated rings. The number of furan rings is 1. The van der Waals surface area contributed by atoms with Crippen LogP contribution in [0.5, 0.6) is 0 Å². The molecular weight excluding hydrogens is 290 g/mol. The third-order valence-corrected chi connectivity index (χ3v) is 3.77. The van der Waals surface area contributed by atoms with E-state index in [-0.39, 0.29) is 0 Å². The SMILES string of the molecule is CSCC[C@H](NC(=O)c1cccc2cc(C)oc12)C(=O)O. The number of carboxylic acids is 1. The van der Waals surface area contributed by atoms with Crippen molar-refractivity contribution in [3.8, 4) is 0 Å². The first-order valence-corrected chi connectivity index (χ1v) is 7.94. The van der Waals surface area contributed by atoms with Crippen LogP contribution in [-0.2, 0) is 4.79 Å². The molecule has 1 atom stereocenters. The molecule has 0 aliphatic rings. The Balaban J connectivity index is 2.23. The summed E-state index contributed by atoms with van der Waals surface area (Å²) in [6.07, 6.45) is 2.28. The third-order valence-electron chi connectivity index (χ3n) is 3.13. The highest BCUT2D eigenvalue weighted by Gasteiger charge is 2.22. The van der Waals surface area contributed by atoms with E-state index in [9.17, 15) is 9.59 Å². The maximum atomic E-state index is 12.3. The number of nitrogens with one attached hydrogen (secondary N) is 1. The third kappa shape index (κ3) is 3.58. The summed E-state index contributed by atoms with van der Waals surface area (Å²) < 4.78 is 5.53. The van der Waals surface area contributed by atoms with Gasteiger partial charge in [-0.25, -0.2) is 4.79 Å². The van der Waals surface area contributed by atoms with Gasteiger partial charge in [-0.2, -0.15) is 11.8 Å². The van der Waals surface area contributed by atoms with Gasteiger partial charge in [0, 0.05) is 5.39 Å². The first-order valence-electron chi connectivity index (χ1n) is 6.54. The van der Waals surface area contributed by atoms with Crippen LogP contribution in [0, 0.1) is 6.92 Å². The van der Waals surface area contributed by atoms with Gasteiger partial charge in [0.2, 0.25) is 0 Å². The molecule has 0 saturated carbocycles. The molecule has 2 N–H and O–H groups in total. The lowest BCUT2D eigenvalue weighted by atomic mass is 10.1. The van der Waals surface area contributed by atoms with E-state index in [1.807, 2.05) is 18.4 Å². The number of amides is 1. The minimum Gasteiger partial charge on any atom is -0.480 e. The summed E-state index contributed by atoms with van der Waals surface area (Å²) in [7, 11) is 0. The topological polar surface area (TPSA) is 79.5 Å². The van der Waals surface area contributed by atoms with Crippen molar-refractivity contribution >= 4 is 34.6 Å². The molecule has 6 heteroatoms. The number of para-hydroxylation sites is 1. The molecule has 0 aliphatic carbocycles. The molecule has 21 heavy (non-hydrogen) atoms. The lowest BCUT2D eigenvalue weighted by molar-refractivity contribution is -0.139. The van der Waals surface area contributed by atoms with Gasteiger partial charge in [-0.05, 0) is 37.5 Å².